The van der Waals surface area contributed by atoms with E-state index in [4.69, 9.17) is 19.7 Å². The minimum absolute atomic E-state index is 0.167. The molecular formula is C28H43N3O3. The number of hydrogen-bond acceptors (Lipinski definition) is 6. The van der Waals surface area contributed by atoms with E-state index in [0.717, 1.165) is 43.0 Å². The topological polar surface area (TPSA) is 67.1 Å². The van der Waals surface area contributed by atoms with Crippen molar-refractivity contribution in [3.05, 3.63) is 42.5 Å². The van der Waals surface area contributed by atoms with Gasteiger partial charge < -0.3 is 19.1 Å². The number of unbranched alkanes of at least 4 members (excludes halogenated alkanes) is 6. The Morgan fingerprint density at radius 1 is 0.853 bits per heavy atom. The van der Waals surface area contributed by atoms with Gasteiger partial charge in [-0.05, 0) is 56.2 Å². The molecule has 6 nitrogen and oxygen atoms in total. The van der Waals surface area contributed by atoms with Crippen LogP contribution in [0.15, 0.2) is 47.6 Å². The van der Waals surface area contributed by atoms with Gasteiger partial charge in [-0.3, -0.25) is 0 Å². The first-order valence-corrected chi connectivity index (χ1v) is 12.8. The lowest BCUT2D eigenvalue weighted by molar-refractivity contribution is 0.287. The van der Waals surface area contributed by atoms with E-state index in [1.165, 1.54) is 32.1 Å². The third-order valence-corrected chi connectivity index (χ3v) is 5.99. The van der Waals surface area contributed by atoms with E-state index >= 15 is 0 Å². The summed E-state index contributed by atoms with van der Waals surface area (Å²) in [6.07, 6.45) is 9.38. The zero-order chi connectivity index (χ0) is 24.6. The quantitative estimate of drug-likeness (QED) is 0.177. The van der Waals surface area contributed by atoms with Gasteiger partial charge >= 0.3 is 0 Å². The molecule has 0 aliphatic carbocycles. The van der Waals surface area contributed by atoms with Crippen molar-refractivity contribution in [3.63, 3.8) is 0 Å². The molecule has 2 aromatic carbocycles. The van der Waals surface area contributed by atoms with Crippen molar-refractivity contribution in [3.8, 4) is 17.2 Å². The van der Waals surface area contributed by atoms with Crippen LogP contribution in [-0.4, -0.2) is 32.9 Å². The normalized spacial score (nSPS) is 11.6. The largest absolute Gasteiger partial charge is 0.497 e. The van der Waals surface area contributed by atoms with Crippen molar-refractivity contribution in [2.45, 2.75) is 78.2 Å². The summed E-state index contributed by atoms with van der Waals surface area (Å²) in [6, 6.07) is 13.8. The summed E-state index contributed by atoms with van der Waals surface area (Å²) in [5.74, 6) is 2.34. The molecule has 1 N–H and O–H groups in total. The third-order valence-electron chi connectivity index (χ3n) is 5.99. The van der Waals surface area contributed by atoms with Crippen LogP contribution >= 0.6 is 0 Å². The van der Waals surface area contributed by atoms with E-state index in [2.05, 4.69) is 30.8 Å². The van der Waals surface area contributed by atoms with Crippen LogP contribution in [0.2, 0.25) is 0 Å². The molecular weight excluding hydrogens is 426 g/mol. The Kier molecular flexibility index (Phi) is 12.9. The maximum Gasteiger partial charge on any atom is 0.148 e. The van der Waals surface area contributed by atoms with Crippen LogP contribution < -0.4 is 19.1 Å². The Balaban J connectivity index is 2.11. The average Bonchev–Trinajstić information content (AvgIpc) is 2.87. The lowest BCUT2D eigenvalue weighted by atomic mass is 10.1. The standard InChI is InChI=1S/C28H43N3O3/c1-5-7-9-11-19-31(23(3)22-34-26-16-14-25(32-4)15-17-26)24-13-18-27(30-29)28(21-24)33-20-12-10-8-6-2/h13-18,21,23,29H,5-12,19-20,22H2,1-4H3. The minimum atomic E-state index is 0.167. The molecule has 0 radical (unpaired) electrons. The first kappa shape index (κ1) is 27.5. The molecule has 0 amide bonds. The molecule has 0 saturated carbocycles. The molecule has 0 aliphatic rings. The number of benzene rings is 2. The van der Waals surface area contributed by atoms with Crippen LogP contribution in [0, 0.1) is 5.53 Å². The molecule has 188 valence electrons. The third kappa shape index (κ3) is 9.24. The summed E-state index contributed by atoms with van der Waals surface area (Å²) >= 11 is 0. The van der Waals surface area contributed by atoms with Gasteiger partial charge in [0.15, 0.2) is 0 Å². The zero-order valence-electron chi connectivity index (χ0n) is 21.5. The van der Waals surface area contributed by atoms with Crippen LogP contribution in [0.25, 0.3) is 0 Å². The Morgan fingerprint density at radius 2 is 1.53 bits per heavy atom. The van der Waals surface area contributed by atoms with Crippen LogP contribution in [0.4, 0.5) is 11.4 Å². The lowest BCUT2D eigenvalue weighted by Gasteiger charge is -2.32. The number of ether oxygens (including phenoxy) is 3. The smallest absolute Gasteiger partial charge is 0.148 e. The van der Waals surface area contributed by atoms with E-state index in [1.807, 2.05) is 42.5 Å². The van der Waals surface area contributed by atoms with Gasteiger partial charge in [0.25, 0.3) is 0 Å². The number of methoxy groups -OCH3 is 1. The fourth-order valence-corrected chi connectivity index (χ4v) is 3.89. The van der Waals surface area contributed by atoms with Crippen molar-refractivity contribution >= 4 is 11.4 Å². The molecule has 0 aromatic heterocycles. The highest BCUT2D eigenvalue weighted by Crippen LogP contribution is 2.33. The van der Waals surface area contributed by atoms with Crippen LogP contribution in [-0.2, 0) is 0 Å². The summed E-state index contributed by atoms with van der Waals surface area (Å²) < 4.78 is 17.4. The second-order valence-electron chi connectivity index (χ2n) is 8.76. The highest BCUT2D eigenvalue weighted by Gasteiger charge is 2.17. The number of hydrogen-bond donors (Lipinski definition) is 1. The molecule has 0 heterocycles. The summed E-state index contributed by atoms with van der Waals surface area (Å²) in [5.41, 5.74) is 9.20. The van der Waals surface area contributed by atoms with E-state index < -0.39 is 0 Å². The number of rotatable bonds is 18. The molecule has 2 aromatic rings. The Bertz CT molecular complexity index is 826. The summed E-state index contributed by atoms with van der Waals surface area (Å²) in [5, 5.41) is 3.68. The van der Waals surface area contributed by atoms with Gasteiger partial charge in [0, 0.05) is 18.3 Å². The molecule has 0 aliphatic heterocycles. The van der Waals surface area contributed by atoms with Crippen molar-refractivity contribution in [2.24, 2.45) is 5.11 Å². The average molecular weight is 470 g/mol. The second kappa shape index (κ2) is 16.0. The Hall–Kier alpha value is -2.76. The van der Waals surface area contributed by atoms with Gasteiger partial charge in [-0.15, -0.1) is 0 Å². The van der Waals surface area contributed by atoms with Gasteiger partial charge in [0.2, 0.25) is 0 Å². The second-order valence-corrected chi connectivity index (χ2v) is 8.76. The van der Waals surface area contributed by atoms with Crippen LogP contribution in [0.1, 0.15) is 72.1 Å². The van der Waals surface area contributed by atoms with Crippen molar-refractivity contribution < 1.29 is 14.2 Å². The Labute approximate surface area is 206 Å². The first-order chi connectivity index (χ1) is 16.6. The maximum absolute atomic E-state index is 7.54. The molecule has 0 fully saturated rings. The van der Waals surface area contributed by atoms with Gasteiger partial charge in [-0.25, -0.2) is 5.53 Å². The number of nitrogens with one attached hydrogen (secondary N) is 1. The Morgan fingerprint density at radius 3 is 2.18 bits per heavy atom. The molecule has 34 heavy (non-hydrogen) atoms. The van der Waals surface area contributed by atoms with E-state index in [0.29, 0.717) is 24.7 Å². The maximum atomic E-state index is 7.54. The van der Waals surface area contributed by atoms with Gasteiger partial charge in [0.05, 0.1) is 19.8 Å². The monoisotopic (exact) mass is 469 g/mol. The number of nitrogens with zero attached hydrogens (tertiary/aromatic N) is 2. The predicted octanol–water partition coefficient (Wildman–Crippen LogP) is 8.17. The summed E-state index contributed by atoms with van der Waals surface area (Å²) in [7, 11) is 1.66. The fraction of sp³-hybridized carbons (Fsp3) is 0.571. The molecule has 0 spiro atoms. The minimum Gasteiger partial charge on any atom is -0.497 e. The van der Waals surface area contributed by atoms with Gasteiger partial charge in [0.1, 0.15) is 29.5 Å². The van der Waals surface area contributed by atoms with E-state index in [-0.39, 0.29) is 6.04 Å². The molecule has 1 unspecified atom stereocenters. The molecule has 0 saturated heterocycles. The molecule has 2 rings (SSSR count). The van der Waals surface area contributed by atoms with E-state index in [9.17, 15) is 0 Å². The molecule has 1 atom stereocenters. The van der Waals surface area contributed by atoms with Gasteiger partial charge in [-0.1, -0.05) is 52.4 Å². The van der Waals surface area contributed by atoms with Gasteiger partial charge in [-0.2, -0.15) is 5.11 Å². The van der Waals surface area contributed by atoms with Crippen LogP contribution in [0.5, 0.6) is 17.2 Å². The SMILES string of the molecule is CCCCCCOc1cc(N(CCCCCC)C(C)COc2ccc(OC)cc2)ccc1N=N. The van der Waals surface area contributed by atoms with Crippen molar-refractivity contribution in [1.82, 2.24) is 0 Å². The molecule has 6 heteroatoms. The zero-order valence-corrected chi connectivity index (χ0v) is 21.5. The highest BCUT2D eigenvalue weighted by molar-refractivity contribution is 5.62. The number of anilines is 1. The highest BCUT2D eigenvalue weighted by atomic mass is 16.5. The first-order valence-electron chi connectivity index (χ1n) is 12.8. The lowest BCUT2D eigenvalue weighted by Crippen LogP contribution is -2.38. The predicted molar refractivity (Wildman–Crippen MR) is 140 cm³/mol. The summed E-state index contributed by atoms with van der Waals surface area (Å²) in [6.45, 7) is 8.79. The fourth-order valence-electron chi connectivity index (χ4n) is 3.89. The van der Waals surface area contributed by atoms with Crippen LogP contribution in [0.3, 0.4) is 0 Å². The summed E-state index contributed by atoms with van der Waals surface area (Å²) in [4.78, 5) is 2.39. The van der Waals surface area contributed by atoms with Crippen molar-refractivity contribution in [1.29, 1.82) is 5.53 Å². The van der Waals surface area contributed by atoms with Crippen molar-refractivity contribution in [2.75, 3.05) is 31.8 Å². The molecule has 0 bridgehead atoms. The van der Waals surface area contributed by atoms with E-state index in [1.54, 1.807) is 7.11 Å².